The van der Waals surface area contributed by atoms with E-state index in [1.807, 2.05) is 25.1 Å². The Morgan fingerprint density at radius 3 is 2.70 bits per heavy atom. The summed E-state index contributed by atoms with van der Waals surface area (Å²) in [4.78, 5) is 11.5. The molecule has 0 unspecified atom stereocenters. The van der Waals surface area contributed by atoms with Gasteiger partial charge in [-0.05, 0) is 49.1 Å². The molecule has 3 aromatic rings. The van der Waals surface area contributed by atoms with Crippen molar-refractivity contribution in [3.8, 4) is 5.75 Å². The highest BCUT2D eigenvalue weighted by Gasteiger charge is 2.19. The molecule has 2 aromatic carbocycles. The number of fused-ring (bicyclic) bond motifs is 1. The van der Waals surface area contributed by atoms with Gasteiger partial charge in [-0.15, -0.1) is 0 Å². The van der Waals surface area contributed by atoms with E-state index >= 15 is 0 Å². The molecular formula is C22H24N4O. The third-order valence-corrected chi connectivity index (χ3v) is 4.84. The summed E-state index contributed by atoms with van der Waals surface area (Å²) in [6.07, 6.45) is 2.26. The molecule has 1 aliphatic heterocycles. The topological polar surface area (TPSA) is 50.3 Å². The van der Waals surface area contributed by atoms with Crippen LogP contribution >= 0.6 is 0 Å². The molecule has 0 aliphatic carbocycles. The van der Waals surface area contributed by atoms with Gasteiger partial charge in [-0.1, -0.05) is 30.3 Å². The summed E-state index contributed by atoms with van der Waals surface area (Å²) in [5.74, 6) is 3.43. The molecule has 0 saturated heterocycles. The Morgan fingerprint density at radius 2 is 1.89 bits per heavy atom. The number of ether oxygens (including phenoxy) is 1. The number of hydrogen-bond acceptors (Lipinski definition) is 5. The maximum absolute atomic E-state index is 5.21. The fourth-order valence-corrected chi connectivity index (χ4v) is 3.49. The number of aryl methyl sites for hydroxylation is 2. The Balaban J connectivity index is 1.55. The van der Waals surface area contributed by atoms with Gasteiger partial charge in [-0.25, -0.2) is 9.97 Å². The van der Waals surface area contributed by atoms with Crippen LogP contribution in [0.15, 0.2) is 54.6 Å². The molecule has 0 atom stereocenters. The first-order valence-electron chi connectivity index (χ1n) is 9.31. The van der Waals surface area contributed by atoms with Crippen molar-refractivity contribution in [2.45, 2.75) is 26.3 Å². The number of methoxy groups -OCH3 is 1. The van der Waals surface area contributed by atoms with Crippen LogP contribution in [0.1, 0.15) is 23.4 Å². The molecular weight excluding hydrogens is 336 g/mol. The van der Waals surface area contributed by atoms with E-state index in [0.717, 1.165) is 42.6 Å². The van der Waals surface area contributed by atoms with Crippen molar-refractivity contribution < 1.29 is 4.74 Å². The molecule has 1 N–H and O–H groups in total. The highest BCUT2D eigenvalue weighted by Crippen LogP contribution is 2.33. The van der Waals surface area contributed by atoms with Crippen LogP contribution in [0.4, 0.5) is 17.3 Å². The second-order valence-electron chi connectivity index (χ2n) is 6.74. The summed E-state index contributed by atoms with van der Waals surface area (Å²) < 4.78 is 5.21. The summed E-state index contributed by atoms with van der Waals surface area (Å²) in [5, 5.41) is 3.42. The minimum Gasteiger partial charge on any atom is -0.497 e. The van der Waals surface area contributed by atoms with Crippen LogP contribution in [-0.2, 0) is 13.0 Å². The predicted octanol–water partition coefficient (Wildman–Crippen LogP) is 4.49. The summed E-state index contributed by atoms with van der Waals surface area (Å²) in [6, 6.07) is 18.7. The van der Waals surface area contributed by atoms with Crippen molar-refractivity contribution in [1.29, 1.82) is 0 Å². The molecule has 0 amide bonds. The number of hydrogen-bond donors (Lipinski definition) is 1. The van der Waals surface area contributed by atoms with E-state index in [0.29, 0.717) is 6.54 Å². The molecule has 1 aliphatic rings. The van der Waals surface area contributed by atoms with Crippen LogP contribution in [0.2, 0.25) is 0 Å². The fraction of sp³-hybridized carbons (Fsp3) is 0.273. The van der Waals surface area contributed by atoms with E-state index in [-0.39, 0.29) is 0 Å². The van der Waals surface area contributed by atoms with Crippen molar-refractivity contribution in [2.24, 2.45) is 0 Å². The van der Waals surface area contributed by atoms with Crippen molar-refractivity contribution in [2.75, 3.05) is 23.9 Å². The lowest BCUT2D eigenvalue weighted by atomic mass is 10.0. The third-order valence-electron chi connectivity index (χ3n) is 4.84. The van der Waals surface area contributed by atoms with E-state index in [4.69, 9.17) is 9.72 Å². The molecule has 0 fully saturated rings. The van der Waals surface area contributed by atoms with Gasteiger partial charge in [0.2, 0.25) is 0 Å². The van der Waals surface area contributed by atoms with Gasteiger partial charge in [0.05, 0.1) is 7.11 Å². The second-order valence-corrected chi connectivity index (χ2v) is 6.74. The van der Waals surface area contributed by atoms with Gasteiger partial charge >= 0.3 is 0 Å². The standard InChI is InChI=1S/C22H24N4O/c1-16-24-21(23-15-17-9-11-19(27-2)12-10-17)14-22(25-16)26-13-5-7-18-6-3-4-8-20(18)26/h3-4,6,8-12,14H,5,7,13,15H2,1-2H3,(H,23,24,25). The smallest absolute Gasteiger partial charge is 0.138 e. The van der Waals surface area contributed by atoms with Crippen LogP contribution in [-0.4, -0.2) is 23.6 Å². The fourth-order valence-electron chi connectivity index (χ4n) is 3.49. The molecule has 0 spiro atoms. The quantitative estimate of drug-likeness (QED) is 0.726. The lowest BCUT2D eigenvalue weighted by Crippen LogP contribution is -2.25. The van der Waals surface area contributed by atoms with Gasteiger partial charge in [0, 0.05) is 24.8 Å². The predicted molar refractivity (Wildman–Crippen MR) is 109 cm³/mol. The lowest BCUT2D eigenvalue weighted by molar-refractivity contribution is 0.414. The molecule has 2 heterocycles. The molecule has 0 radical (unpaired) electrons. The van der Waals surface area contributed by atoms with E-state index < -0.39 is 0 Å². The van der Waals surface area contributed by atoms with Crippen LogP contribution in [0.25, 0.3) is 0 Å². The van der Waals surface area contributed by atoms with Crippen molar-refractivity contribution >= 4 is 17.3 Å². The first-order chi connectivity index (χ1) is 13.2. The molecule has 0 bridgehead atoms. The Labute approximate surface area is 160 Å². The Morgan fingerprint density at radius 1 is 1.07 bits per heavy atom. The molecule has 138 valence electrons. The molecule has 1 aromatic heterocycles. The zero-order valence-electron chi connectivity index (χ0n) is 15.8. The Bertz CT molecular complexity index is 924. The molecule has 4 rings (SSSR count). The number of benzene rings is 2. The minimum absolute atomic E-state index is 0.705. The Hall–Kier alpha value is -3.08. The zero-order valence-corrected chi connectivity index (χ0v) is 15.8. The lowest BCUT2D eigenvalue weighted by Gasteiger charge is -2.30. The van der Waals surface area contributed by atoms with Crippen LogP contribution in [0.3, 0.4) is 0 Å². The maximum atomic E-state index is 5.21. The summed E-state index contributed by atoms with van der Waals surface area (Å²) >= 11 is 0. The van der Waals surface area contributed by atoms with Gasteiger partial charge < -0.3 is 15.0 Å². The van der Waals surface area contributed by atoms with E-state index in [2.05, 4.69) is 51.6 Å². The van der Waals surface area contributed by atoms with Crippen LogP contribution in [0, 0.1) is 6.92 Å². The molecule has 5 nitrogen and oxygen atoms in total. The van der Waals surface area contributed by atoms with Crippen LogP contribution < -0.4 is 15.0 Å². The summed E-state index contributed by atoms with van der Waals surface area (Å²) in [6.45, 7) is 3.62. The number of aromatic nitrogens is 2. The zero-order chi connectivity index (χ0) is 18.6. The first-order valence-corrected chi connectivity index (χ1v) is 9.31. The van der Waals surface area contributed by atoms with Crippen LogP contribution in [0.5, 0.6) is 5.75 Å². The van der Waals surface area contributed by atoms with Crippen molar-refractivity contribution in [3.05, 3.63) is 71.5 Å². The van der Waals surface area contributed by atoms with Gasteiger partial charge in [-0.3, -0.25) is 0 Å². The molecule has 0 saturated carbocycles. The van der Waals surface area contributed by atoms with Gasteiger partial charge in [0.1, 0.15) is 23.2 Å². The Kier molecular flexibility index (Phi) is 4.92. The first kappa shape index (κ1) is 17.3. The number of para-hydroxylation sites is 1. The number of rotatable bonds is 5. The summed E-state index contributed by atoms with van der Waals surface area (Å²) in [7, 11) is 1.68. The normalized spacial score (nSPS) is 13.2. The minimum atomic E-state index is 0.705. The van der Waals surface area contributed by atoms with Gasteiger partial charge in [-0.2, -0.15) is 0 Å². The van der Waals surface area contributed by atoms with E-state index in [1.165, 1.54) is 16.8 Å². The van der Waals surface area contributed by atoms with E-state index in [9.17, 15) is 0 Å². The largest absolute Gasteiger partial charge is 0.497 e. The second kappa shape index (κ2) is 7.66. The third kappa shape index (κ3) is 3.87. The monoisotopic (exact) mass is 360 g/mol. The average Bonchev–Trinajstić information content (AvgIpc) is 2.72. The maximum Gasteiger partial charge on any atom is 0.138 e. The highest BCUT2D eigenvalue weighted by atomic mass is 16.5. The number of nitrogens with zero attached hydrogens (tertiary/aromatic N) is 3. The van der Waals surface area contributed by atoms with Gasteiger partial charge in [0.25, 0.3) is 0 Å². The number of nitrogens with one attached hydrogen (secondary N) is 1. The number of anilines is 3. The molecule has 5 heteroatoms. The highest BCUT2D eigenvalue weighted by molar-refractivity contribution is 5.67. The molecule has 27 heavy (non-hydrogen) atoms. The van der Waals surface area contributed by atoms with Crippen molar-refractivity contribution in [3.63, 3.8) is 0 Å². The van der Waals surface area contributed by atoms with Gasteiger partial charge in [0.15, 0.2) is 0 Å². The van der Waals surface area contributed by atoms with E-state index in [1.54, 1.807) is 7.11 Å². The average molecular weight is 360 g/mol. The van der Waals surface area contributed by atoms with Crippen molar-refractivity contribution in [1.82, 2.24) is 9.97 Å². The summed E-state index contributed by atoms with van der Waals surface area (Å²) in [5.41, 5.74) is 3.81. The SMILES string of the molecule is COc1ccc(CNc2cc(N3CCCc4ccccc43)nc(C)n2)cc1.